The van der Waals surface area contributed by atoms with Crippen molar-refractivity contribution >= 4 is 0 Å². The lowest BCUT2D eigenvalue weighted by Crippen LogP contribution is -2.30. The number of hydrogen-bond acceptors (Lipinski definition) is 2. The van der Waals surface area contributed by atoms with Crippen molar-refractivity contribution in [3.8, 4) is 0 Å². The van der Waals surface area contributed by atoms with Gasteiger partial charge in [0.1, 0.15) is 0 Å². The molecular formula is C16H22O2. The molecule has 0 aromatic heterocycles. The van der Waals surface area contributed by atoms with E-state index in [1.165, 1.54) is 17.5 Å². The molecule has 1 aliphatic heterocycles. The van der Waals surface area contributed by atoms with Crippen molar-refractivity contribution in [2.75, 3.05) is 6.61 Å². The summed E-state index contributed by atoms with van der Waals surface area (Å²) in [7, 11) is 0. The average Bonchev–Trinajstić information content (AvgIpc) is 2.71. The predicted molar refractivity (Wildman–Crippen MR) is 71.4 cm³/mol. The first kappa shape index (κ1) is 12.2. The molecule has 1 unspecified atom stereocenters. The lowest BCUT2D eigenvalue weighted by atomic mass is 9.76. The summed E-state index contributed by atoms with van der Waals surface area (Å²) in [6.07, 6.45) is 4.13. The number of fused-ring (bicyclic) bond motifs is 1. The molecule has 0 radical (unpaired) electrons. The topological polar surface area (TPSA) is 29.5 Å². The number of benzene rings is 1. The van der Waals surface area contributed by atoms with E-state index in [9.17, 15) is 5.11 Å². The molecule has 0 amide bonds. The number of rotatable bonds is 1. The van der Waals surface area contributed by atoms with E-state index < -0.39 is 0 Å². The van der Waals surface area contributed by atoms with Gasteiger partial charge in [0.25, 0.3) is 0 Å². The highest BCUT2D eigenvalue weighted by Gasteiger charge is 2.37. The lowest BCUT2D eigenvalue weighted by Gasteiger charge is -2.39. The summed E-state index contributed by atoms with van der Waals surface area (Å²) in [4.78, 5) is 0. The first-order valence-electron chi connectivity index (χ1n) is 7.01. The minimum absolute atomic E-state index is 0.187. The van der Waals surface area contributed by atoms with Gasteiger partial charge < -0.3 is 9.84 Å². The summed E-state index contributed by atoms with van der Waals surface area (Å²) in [5, 5.41) is 9.99. The van der Waals surface area contributed by atoms with Crippen LogP contribution in [-0.4, -0.2) is 11.7 Å². The maximum Gasteiger partial charge on any atom is 0.0878 e. The molecule has 1 aromatic rings. The monoisotopic (exact) mass is 246 g/mol. The van der Waals surface area contributed by atoms with Crippen LogP contribution in [0.1, 0.15) is 62.0 Å². The van der Waals surface area contributed by atoms with Crippen LogP contribution in [0.15, 0.2) is 18.2 Å². The molecule has 18 heavy (non-hydrogen) atoms. The fourth-order valence-corrected chi connectivity index (χ4v) is 3.50. The average molecular weight is 246 g/mol. The Balaban J connectivity index is 2.02. The van der Waals surface area contributed by atoms with Crippen LogP contribution in [0.5, 0.6) is 0 Å². The highest BCUT2D eigenvalue weighted by molar-refractivity contribution is 5.42. The van der Waals surface area contributed by atoms with Crippen LogP contribution >= 0.6 is 0 Å². The van der Waals surface area contributed by atoms with Gasteiger partial charge in [-0.1, -0.05) is 32.0 Å². The minimum Gasteiger partial charge on any atom is -0.388 e. The molecule has 2 aliphatic rings. The van der Waals surface area contributed by atoms with E-state index in [1.807, 2.05) is 0 Å². The Hall–Kier alpha value is -0.860. The zero-order chi connectivity index (χ0) is 12.8. The highest BCUT2D eigenvalue weighted by atomic mass is 16.5. The Morgan fingerprint density at radius 2 is 2.06 bits per heavy atom. The van der Waals surface area contributed by atoms with E-state index in [4.69, 9.17) is 4.74 Å². The summed E-state index contributed by atoms with van der Waals surface area (Å²) in [5.41, 5.74) is 3.97. The van der Waals surface area contributed by atoms with Crippen LogP contribution in [-0.2, 0) is 11.2 Å². The smallest absolute Gasteiger partial charge is 0.0878 e. The quantitative estimate of drug-likeness (QED) is 0.821. The molecule has 1 aliphatic carbocycles. The van der Waals surface area contributed by atoms with Crippen LogP contribution in [0.2, 0.25) is 0 Å². The molecule has 0 bridgehead atoms. The number of ether oxygens (including phenoxy) is 1. The fraction of sp³-hybridized carbons (Fsp3) is 0.625. The molecule has 1 N–H and O–H groups in total. The van der Waals surface area contributed by atoms with Gasteiger partial charge in [0.05, 0.1) is 12.2 Å². The zero-order valence-electron chi connectivity index (χ0n) is 11.3. The Kier molecular flexibility index (Phi) is 2.95. The Bertz CT molecular complexity index is 450. The summed E-state index contributed by atoms with van der Waals surface area (Å²) in [6, 6.07) is 6.32. The van der Waals surface area contributed by atoms with Crippen LogP contribution in [0.3, 0.4) is 0 Å². The van der Waals surface area contributed by atoms with Gasteiger partial charge in [-0.25, -0.2) is 0 Å². The molecule has 1 saturated heterocycles. The van der Waals surface area contributed by atoms with Gasteiger partial charge in [-0.05, 0) is 47.8 Å². The molecule has 2 nitrogen and oxygen atoms in total. The number of aliphatic hydroxyl groups is 1. The van der Waals surface area contributed by atoms with Gasteiger partial charge in [-0.3, -0.25) is 0 Å². The second-order valence-electron chi connectivity index (χ2n) is 6.31. The zero-order valence-corrected chi connectivity index (χ0v) is 11.3. The molecule has 3 rings (SSSR count). The molecular weight excluding hydrogens is 224 g/mol. The third-order valence-electron chi connectivity index (χ3n) is 4.52. The van der Waals surface area contributed by atoms with Crippen molar-refractivity contribution in [3.05, 3.63) is 34.9 Å². The molecule has 1 aromatic carbocycles. The second-order valence-corrected chi connectivity index (χ2v) is 6.31. The third-order valence-corrected chi connectivity index (χ3v) is 4.52. The van der Waals surface area contributed by atoms with Crippen molar-refractivity contribution in [2.24, 2.45) is 5.41 Å². The van der Waals surface area contributed by atoms with Crippen LogP contribution in [0, 0.1) is 5.41 Å². The molecule has 1 heterocycles. The van der Waals surface area contributed by atoms with Gasteiger partial charge in [-0.2, -0.15) is 0 Å². The van der Waals surface area contributed by atoms with Gasteiger partial charge in [0.2, 0.25) is 0 Å². The highest BCUT2D eigenvalue weighted by Crippen LogP contribution is 2.47. The largest absolute Gasteiger partial charge is 0.388 e. The SMILES string of the molecule is CC1(C)CCCOC1c1cccc2c1CC[C@@H]2O. The molecule has 1 fully saturated rings. The normalized spacial score (nSPS) is 30.2. The summed E-state index contributed by atoms with van der Waals surface area (Å²) < 4.78 is 6.06. The van der Waals surface area contributed by atoms with Crippen molar-refractivity contribution in [1.29, 1.82) is 0 Å². The maximum absolute atomic E-state index is 9.99. The fourth-order valence-electron chi connectivity index (χ4n) is 3.50. The van der Waals surface area contributed by atoms with Gasteiger partial charge >= 0.3 is 0 Å². The number of hydrogen-bond donors (Lipinski definition) is 1. The lowest BCUT2D eigenvalue weighted by molar-refractivity contribution is -0.0704. The van der Waals surface area contributed by atoms with Crippen LogP contribution < -0.4 is 0 Å². The maximum atomic E-state index is 9.99. The third kappa shape index (κ3) is 1.88. The van der Waals surface area contributed by atoms with Gasteiger partial charge in [-0.15, -0.1) is 0 Å². The predicted octanol–water partition coefficient (Wildman–Crippen LogP) is 3.54. The Morgan fingerprint density at radius 1 is 1.28 bits per heavy atom. The van der Waals surface area contributed by atoms with E-state index in [-0.39, 0.29) is 17.6 Å². The van der Waals surface area contributed by atoms with Crippen LogP contribution in [0.25, 0.3) is 0 Å². The van der Waals surface area contributed by atoms with E-state index in [1.54, 1.807) is 0 Å². The Labute approximate surface area is 109 Å². The summed E-state index contributed by atoms with van der Waals surface area (Å²) in [5.74, 6) is 0. The Morgan fingerprint density at radius 3 is 2.83 bits per heavy atom. The first-order valence-corrected chi connectivity index (χ1v) is 7.01. The van der Waals surface area contributed by atoms with Crippen molar-refractivity contribution in [2.45, 2.75) is 51.7 Å². The molecule has 98 valence electrons. The van der Waals surface area contributed by atoms with E-state index in [2.05, 4.69) is 32.0 Å². The summed E-state index contributed by atoms with van der Waals surface area (Å²) in [6.45, 7) is 5.45. The van der Waals surface area contributed by atoms with E-state index in [0.717, 1.165) is 31.4 Å². The van der Waals surface area contributed by atoms with E-state index in [0.29, 0.717) is 0 Å². The van der Waals surface area contributed by atoms with Crippen molar-refractivity contribution < 1.29 is 9.84 Å². The van der Waals surface area contributed by atoms with E-state index >= 15 is 0 Å². The molecule has 2 atom stereocenters. The number of aliphatic hydroxyl groups excluding tert-OH is 1. The molecule has 0 spiro atoms. The summed E-state index contributed by atoms with van der Waals surface area (Å²) >= 11 is 0. The second kappa shape index (κ2) is 4.36. The molecule has 2 heteroatoms. The standard InChI is InChI=1S/C16H22O2/c1-16(2)9-4-10-18-15(16)13-6-3-5-12-11(13)7-8-14(12)17/h3,5-6,14-15,17H,4,7-10H2,1-2H3/t14-,15?/m0/s1. The van der Waals surface area contributed by atoms with Gasteiger partial charge in [0.15, 0.2) is 0 Å². The van der Waals surface area contributed by atoms with Crippen molar-refractivity contribution in [3.63, 3.8) is 0 Å². The first-order chi connectivity index (χ1) is 8.59. The molecule has 0 saturated carbocycles. The van der Waals surface area contributed by atoms with Gasteiger partial charge in [0, 0.05) is 6.61 Å². The van der Waals surface area contributed by atoms with Crippen LogP contribution in [0.4, 0.5) is 0 Å². The minimum atomic E-state index is -0.272. The van der Waals surface area contributed by atoms with Crippen molar-refractivity contribution in [1.82, 2.24) is 0 Å².